The molecule has 0 fully saturated rings. The number of fused-ring (bicyclic) bond motifs is 8. The van der Waals surface area contributed by atoms with Crippen LogP contribution >= 0.6 is 11.3 Å². The molecule has 0 aliphatic heterocycles. The van der Waals surface area contributed by atoms with Crippen molar-refractivity contribution in [3.63, 3.8) is 0 Å². The second kappa shape index (κ2) is 13.8. The Hall–Kier alpha value is -7.27. The van der Waals surface area contributed by atoms with Gasteiger partial charge in [0.15, 0.2) is 17.5 Å². The normalized spacial score (nSPS) is 11.5. The number of rotatable bonds is 6. The Labute approximate surface area is 334 Å². The lowest BCUT2D eigenvalue weighted by Gasteiger charge is -2.11. The van der Waals surface area contributed by atoms with E-state index in [4.69, 9.17) is 15.0 Å². The van der Waals surface area contributed by atoms with Crippen LogP contribution in [0.5, 0.6) is 0 Å². The summed E-state index contributed by atoms with van der Waals surface area (Å²) in [5.74, 6) is 1.95. The molecule has 0 bridgehead atoms. The minimum atomic E-state index is 0.643. The molecule has 2 heterocycles. The molecule has 57 heavy (non-hydrogen) atoms. The van der Waals surface area contributed by atoms with Crippen molar-refractivity contribution < 1.29 is 0 Å². The molecule has 4 heteroatoms. The maximum Gasteiger partial charge on any atom is 0.164 e. The van der Waals surface area contributed by atoms with Crippen LogP contribution in [0, 0.1) is 0 Å². The smallest absolute Gasteiger partial charge is 0.164 e. The maximum absolute atomic E-state index is 4.98. The zero-order chi connectivity index (χ0) is 37.7. The molecule has 11 aromatic rings. The monoisotopic (exact) mass is 743 g/mol. The molecule has 0 N–H and O–H groups in total. The van der Waals surface area contributed by atoms with Crippen LogP contribution in [0.25, 0.3) is 109 Å². The molecule has 0 aliphatic carbocycles. The fourth-order valence-corrected chi connectivity index (χ4v) is 9.36. The summed E-state index contributed by atoms with van der Waals surface area (Å²) in [6.07, 6.45) is 0. The van der Waals surface area contributed by atoms with E-state index in [1.54, 1.807) is 0 Å². The molecule has 0 unspecified atom stereocenters. The third-order valence-corrected chi connectivity index (χ3v) is 12.1. The summed E-state index contributed by atoms with van der Waals surface area (Å²) in [5.41, 5.74) is 9.83. The average Bonchev–Trinajstić information content (AvgIpc) is 3.69. The summed E-state index contributed by atoms with van der Waals surface area (Å²) in [4.78, 5) is 14.8. The predicted molar refractivity (Wildman–Crippen MR) is 240 cm³/mol. The zero-order valence-corrected chi connectivity index (χ0v) is 31.6. The summed E-state index contributed by atoms with van der Waals surface area (Å²) < 4.78 is 2.67. The van der Waals surface area contributed by atoms with Gasteiger partial charge in [-0.05, 0) is 79.9 Å². The second-order valence-corrected chi connectivity index (χ2v) is 15.4. The van der Waals surface area contributed by atoms with Crippen LogP contribution in [-0.4, -0.2) is 15.0 Å². The minimum Gasteiger partial charge on any atom is -0.208 e. The van der Waals surface area contributed by atoms with Gasteiger partial charge < -0.3 is 0 Å². The molecule has 0 radical (unpaired) electrons. The Kier molecular flexibility index (Phi) is 8.01. The van der Waals surface area contributed by atoms with Crippen molar-refractivity contribution in [3.05, 3.63) is 200 Å². The fraction of sp³-hybridized carbons (Fsp3) is 0. The number of thiophene rings is 1. The Bertz CT molecular complexity index is 3240. The quantitative estimate of drug-likeness (QED) is 0.159. The van der Waals surface area contributed by atoms with Gasteiger partial charge in [0.25, 0.3) is 0 Å². The Morgan fingerprint density at radius 3 is 1.19 bits per heavy atom. The lowest BCUT2D eigenvalue weighted by Crippen LogP contribution is -2.00. The van der Waals surface area contributed by atoms with Crippen LogP contribution in [-0.2, 0) is 0 Å². The first-order chi connectivity index (χ1) is 28.2. The van der Waals surface area contributed by atoms with Gasteiger partial charge in [-0.15, -0.1) is 11.3 Å². The van der Waals surface area contributed by atoms with Crippen LogP contribution in [0.4, 0.5) is 0 Å². The van der Waals surface area contributed by atoms with Crippen LogP contribution in [0.15, 0.2) is 200 Å². The molecule has 0 saturated heterocycles. The lowest BCUT2D eigenvalue weighted by molar-refractivity contribution is 1.07. The van der Waals surface area contributed by atoms with E-state index in [2.05, 4.69) is 140 Å². The molecule has 3 nitrogen and oxygen atoms in total. The Balaban J connectivity index is 0.965. The van der Waals surface area contributed by atoms with Gasteiger partial charge in [0, 0.05) is 42.2 Å². The van der Waals surface area contributed by atoms with Crippen LogP contribution < -0.4 is 0 Å². The van der Waals surface area contributed by atoms with Gasteiger partial charge in [-0.1, -0.05) is 170 Å². The number of benzene rings is 9. The molecule has 0 amide bonds. The van der Waals surface area contributed by atoms with Crippen molar-refractivity contribution in [2.45, 2.75) is 0 Å². The summed E-state index contributed by atoms with van der Waals surface area (Å²) >= 11 is 1.90. The average molecular weight is 744 g/mol. The second-order valence-electron chi connectivity index (χ2n) is 14.4. The fourth-order valence-electron chi connectivity index (χ4n) is 8.12. The van der Waals surface area contributed by atoms with Crippen LogP contribution in [0.2, 0.25) is 0 Å². The third kappa shape index (κ3) is 5.95. The number of hydrogen-bond acceptors (Lipinski definition) is 4. The molecule has 11 rings (SSSR count). The van der Waals surface area contributed by atoms with Crippen molar-refractivity contribution in [2.75, 3.05) is 0 Å². The standard InChI is InChI=1S/C53H33N3S/c1-3-14-34(15-4-1)51-54-52(35-16-5-2-6-17-35)56-53(55-51)42-23-13-22-40(32-42)38-20-11-18-36(30-38)37-19-12-21-39(31-37)41-28-29-48-47(33-41)49-45-26-9-7-24-43(45)44-25-8-10-27-46(44)50(49)57-48/h1-33H. The Morgan fingerprint density at radius 1 is 0.263 bits per heavy atom. The van der Waals surface area contributed by atoms with Gasteiger partial charge >= 0.3 is 0 Å². The topological polar surface area (TPSA) is 38.7 Å². The highest BCUT2D eigenvalue weighted by atomic mass is 32.1. The molecule has 2 aromatic heterocycles. The first kappa shape index (κ1) is 33.1. The van der Waals surface area contributed by atoms with Crippen molar-refractivity contribution in [1.82, 2.24) is 15.0 Å². The van der Waals surface area contributed by atoms with E-state index >= 15 is 0 Å². The molecule has 0 aliphatic rings. The molecule has 9 aromatic carbocycles. The molecule has 0 atom stereocenters. The molecular weight excluding hydrogens is 711 g/mol. The van der Waals surface area contributed by atoms with Crippen molar-refractivity contribution in [2.24, 2.45) is 0 Å². The van der Waals surface area contributed by atoms with E-state index in [0.29, 0.717) is 17.5 Å². The van der Waals surface area contributed by atoms with Crippen molar-refractivity contribution in [3.8, 4) is 67.5 Å². The van der Waals surface area contributed by atoms with Crippen molar-refractivity contribution >= 4 is 53.1 Å². The van der Waals surface area contributed by atoms with Gasteiger partial charge in [0.05, 0.1) is 0 Å². The number of aromatic nitrogens is 3. The van der Waals surface area contributed by atoms with Gasteiger partial charge in [-0.3, -0.25) is 0 Å². The molecule has 0 spiro atoms. The highest BCUT2D eigenvalue weighted by Gasteiger charge is 2.16. The van der Waals surface area contributed by atoms with E-state index in [1.807, 2.05) is 72.0 Å². The highest BCUT2D eigenvalue weighted by Crippen LogP contribution is 2.45. The van der Waals surface area contributed by atoms with Gasteiger partial charge in [-0.25, -0.2) is 15.0 Å². The minimum absolute atomic E-state index is 0.643. The number of hydrogen-bond donors (Lipinski definition) is 0. The first-order valence-corrected chi connectivity index (χ1v) is 20.0. The van der Waals surface area contributed by atoms with Gasteiger partial charge in [0.1, 0.15) is 0 Å². The SMILES string of the molecule is c1ccc(-c2nc(-c3ccccc3)nc(-c3cccc(-c4cccc(-c5cccc(-c6ccc7sc8c9ccccc9c9ccccc9c8c7c6)c5)c4)c3)n2)cc1. The largest absolute Gasteiger partial charge is 0.208 e. The van der Waals surface area contributed by atoms with Crippen molar-refractivity contribution in [1.29, 1.82) is 0 Å². The van der Waals surface area contributed by atoms with E-state index in [0.717, 1.165) is 33.4 Å². The summed E-state index contributed by atoms with van der Waals surface area (Å²) in [5, 5.41) is 7.92. The lowest BCUT2D eigenvalue weighted by atomic mass is 9.94. The highest BCUT2D eigenvalue weighted by molar-refractivity contribution is 7.27. The summed E-state index contributed by atoms with van der Waals surface area (Å²) in [6.45, 7) is 0. The molecule has 0 saturated carbocycles. The predicted octanol–water partition coefficient (Wildman–Crippen LogP) is 14.5. The molecule has 266 valence electrons. The maximum atomic E-state index is 4.98. The van der Waals surface area contributed by atoms with Gasteiger partial charge in [0.2, 0.25) is 0 Å². The van der Waals surface area contributed by atoms with Crippen LogP contribution in [0.3, 0.4) is 0 Å². The first-order valence-electron chi connectivity index (χ1n) is 19.2. The van der Waals surface area contributed by atoms with E-state index < -0.39 is 0 Å². The van der Waals surface area contributed by atoms with E-state index in [-0.39, 0.29) is 0 Å². The van der Waals surface area contributed by atoms with E-state index in [1.165, 1.54) is 58.4 Å². The van der Waals surface area contributed by atoms with E-state index in [9.17, 15) is 0 Å². The molecular formula is C53H33N3S. The Morgan fingerprint density at radius 2 is 0.649 bits per heavy atom. The van der Waals surface area contributed by atoms with Gasteiger partial charge in [-0.2, -0.15) is 0 Å². The summed E-state index contributed by atoms with van der Waals surface area (Å²) in [6, 6.07) is 71.1. The third-order valence-electron chi connectivity index (χ3n) is 10.9. The zero-order valence-electron chi connectivity index (χ0n) is 30.8. The number of nitrogens with zero attached hydrogens (tertiary/aromatic N) is 3. The van der Waals surface area contributed by atoms with Crippen LogP contribution in [0.1, 0.15) is 0 Å². The summed E-state index contributed by atoms with van der Waals surface area (Å²) in [7, 11) is 0.